The molecule has 1 N–H and O–H groups in total. The average Bonchev–Trinajstić information content (AvgIpc) is 3.13. The van der Waals surface area contributed by atoms with Gasteiger partial charge in [0.15, 0.2) is 5.78 Å². The first-order chi connectivity index (χ1) is 13.0. The van der Waals surface area contributed by atoms with E-state index in [0.717, 1.165) is 17.8 Å². The quantitative estimate of drug-likeness (QED) is 0.654. The van der Waals surface area contributed by atoms with Crippen LogP contribution in [0.5, 0.6) is 0 Å². The van der Waals surface area contributed by atoms with Crippen molar-refractivity contribution < 1.29 is 4.79 Å². The molecular weight excluding hydrogens is 334 g/mol. The van der Waals surface area contributed by atoms with Crippen molar-refractivity contribution in [1.29, 1.82) is 0 Å². The molecule has 0 radical (unpaired) electrons. The second-order valence-electron chi connectivity index (χ2n) is 7.94. The minimum Gasteiger partial charge on any atom is -0.363 e. The van der Waals surface area contributed by atoms with Gasteiger partial charge in [-0.3, -0.25) is 4.79 Å². The molecule has 2 unspecified atom stereocenters. The van der Waals surface area contributed by atoms with E-state index in [1.54, 1.807) is 6.20 Å². The predicted octanol–water partition coefficient (Wildman–Crippen LogP) is 5.16. The number of nitrogens with zero attached hydrogens (tertiary/aromatic N) is 2. The number of hydrogen-bond acceptors (Lipinski definition) is 3. The Morgan fingerprint density at radius 1 is 1.11 bits per heavy atom. The first kappa shape index (κ1) is 17.5. The van der Waals surface area contributed by atoms with Crippen LogP contribution < -0.4 is 5.32 Å². The lowest BCUT2D eigenvalue weighted by atomic mass is 9.88. The summed E-state index contributed by atoms with van der Waals surface area (Å²) in [5.74, 6) is 0.717. The summed E-state index contributed by atoms with van der Waals surface area (Å²) in [5.41, 5.74) is 2.75. The van der Waals surface area contributed by atoms with Crippen molar-refractivity contribution in [1.82, 2.24) is 9.78 Å². The van der Waals surface area contributed by atoms with Crippen LogP contribution in [0.1, 0.15) is 60.6 Å². The number of carbonyl (C=O) groups is 1. The number of nitrogens with one attached hydrogen (secondary N) is 1. The Bertz CT molecular complexity index is 944. The minimum atomic E-state index is -0.206. The Morgan fingerprint density at radius 2 is 1.74 bits per heavy atom. The van der Waals surface area contributed by atoms with E-state index in [9.17, 15) is 4.79 Å². The number of Topliss-reactive ketones (excluding diaryl/α,β-unsaturated/α-hetero) is 1. The van der Waals surface area contributed by atoms with E-state index in [1.807, 2.05) is 48.0 Å². The third-order valence-electron chi connectivity index (χ3n) is 5.52. The molecule has 0 saturated carbocycles. The van der Waals surface area contributed by atoms with Crippen molar-refractivity contribution in [3.8, 4) is 0 Å². The zero-order chi connectivity index (χ0) is 19.0. The Labute approximate surface area is 160 Å². The highest BCUT2D eigenvalue weighted by molar-refractivity contribution is 6.04. The van der Waals surface area contributed by atoms with Crippen molar-refractivity contribution in [3.63, 3.8) is 0 Å². The molecule has 0 bridgehead atoms. The monoisotopic (exact) mass is 359 g/mol. The molecule has 138 valence electrons. The molecule has 4 heteroatoms. The van der Waals surface area contributed by atoms with E-state index in [-0.39, 0.29) is 23.3 Å². The van der Waals surface area contributed by atoms with Crippen LogP contribution >= 0.6 is 0 Å². The van der Waals surface area contributed by atoms with E-state index < -0.39 is 0 Å². The summed E-state index contributed by atoms with van der Waals surface area (Å²) in [6, 6.07) is 20.5. The lowest BCUT2D eigenvalue weighted by molar-refractivity contribution is 0.0966. The molecule has 4 rings (SSSR count). The fourth-order valence-electron chi connectivity index (χ4n) is 3.94. The number of aromatic nitrogens is 2. The lowest BCUT2D eigenvalue weighted by Gasteiger charge is -2.38. The zero-order valence-corrected chi connectivity index (χ0v) is 16.0. The molecule has 2 atom stereocenters. The second-order valence-corrected chi connectivity index (χ2v) is 7.94. The largest absolute Gasteiger partial charge is 0.363 e. The minimum absolute atomic E-state index is 0.0967. The van der Waals surface area contributed by atoms with Crippen LogP contribution in [0.3, 0.4) is 0 Å². The van der Waals surface area contributed by atoms with Gasteiger partial charge in [-0.1, -0.05) is 67.6 Å². The van der Waals surface area contributed by atoms with Gasteiger partial charge in [0, 0.05) is 5.92 Å². The lowest BCUT2D eigenvalue weighted by Crippen LogP contribution is -2.38. The number of ketones is 1. The summed E-state index contributed by atoms with van der Waals surface area (Å²) in [6.45, 7) is 6.31. The van der Waals surface area contributed by atoms with Crippen LogP contribution in [-0.4, -0.2) is 15.6 Å². The van der Waals surface area contributed by atoms with E-state index in [2.05, 4.69) is 48.5 Å². The maximum Gasteiger partial charge on any atom is 0.175 e. The first-order valence-electron chi connectivity index (χ1n) is 9.46. The van der Waals surface area contributed by atoms with E-state index >= 15 is 0 Å². The van der Waals surface area contributed by atoms with Gasteiger partial charge < -0.3 is 5.32 Å². The van der Waals surface area contributed by atoms with Gasteiger partial charge in [0.05, 0.1) is 23.3 Å². The van der Waals surface area contributed by atoms with Gasteiger partial charge in [0.25, 0.3) is 0 Å². The fraction of sp³-hybridized carbons (Fsp3) is 0.304. The van der Waals surface area contributed by atoms with Crippen molar-refractivity contribution >= 4 is 11.6 Å². The van der Waals surface area contributed by atoms with E-state index in [0.29, 0.717) is 5.56 Å². The average molecular weight is 359 g/mol. The summed E-state index contributed by atoms with van der Waals surface area (Å²) >= 11 is 0. The molecular formula is C23H25N3O. The van der Waals surface area contributed by atoms with Crippen molar-refractivity contribution in [3.05, 3.63) is 83.6 Å². The molecule has 2 aromatic carbocycles. The topological polar surface area (TPSA) is 46.9 Å². The molecule has 27 heavy (non-hydrogen) atoms. The number of anilines is 1. The molecule has 1 aliphatic rings. The van der Waals surface area contributed by atoms with Gasteiger partial charge in [0.1, 0.15) is 5.82 Å². The van der Waals surface area contributed by atoms with Crippen LogP contribution in [0, 0.1) is 0 Å². The Balaban J connectivity index is 1.70. The summed E-state index contributed by atoms with van der Waals surface area (Å²) in [6.07, 6.45) is 2.63. The predicted molar refractivity (Wildman–Crippen MR) is 108 cm³/mol. The Hall–Kier alpha value is -2.88. The molecule has 4 nitrogen and oxygen atoms in total. The van der Waals surface area contributed by atoms with Gasteiger partial charge in [0.2, 0.25) is 0 Å². The number of benzene rings is 2. The molecule has 1 aliphatic heterocycles. The molecule has 0 fully saturated rings. The van der Waals surface area contributed by atoms with Crippen LogP contribution in [0.25, 0.3) is 0 Å². The molecule has 0 spiro atoms. The maximum atomic E-state index is 13.2. The zero-order valence-electron chi connectivity index (χ0n) is 16.0. The number of carbonyl (C=O) groups excluding carboxylic acids is 1. The van der Waals surface area contributed by atoms with Gasteiger partial charge >= 0.3 is 0 Å². The molecule has 0 aliphatic carbocycles. The van der Waals surface area contributed by atoms with E-state index in [1.165, 1.54) is 5.56 Å². The highest BCUT2D eigenvalue weighted by atomic mass is 16.1. The summed E-state index contributed by atoms with van der Waals surface area (Å²) in [5, 5.41) is 8.15. The molecule has 1 aromatic heterocycles. The molecule has 3 aromatic rings. The van der Waals surface area contributed by atoms with Crippen LogP contribution in [0.15, 0.2) is 66.9 Å². The third kappa shape index (κ3) is 3.16. The van der Waals surface area contributed by atoms with Crippen LogP contribution in [0.2, 0.25) is 0 Å². The molecule has 0 saturated heterocycles. The SMILES string of the molecule is CC(C(=O)c1cnn2c1NC(c1ccccc1)CC2(C)C)c1ccccc1. The van der Waals surface area contributed by atoms with Gasteiger partial charge in [-0.25, -0.2) is 4.68 Å². The summed E-state index contributed by atoms with van der Waals surface area (Å²) < 4.78 is 1.97. The van der Waals surface area contributed by atoms with Crippen molar-refractivity contribution in [2.24, 2.45) is 0 Å². The molecule has 2 heterocycles. The van der Waals surface area contributed by atoms with Crippen molar-refractivity contribution in [2.45, 2.75) is 44.7 Å². The summed E-state index contributed by atoms with van der Waals surface area (Å²) in [4.78, 5) is 13.2. The van der Waals surface area contributed by atoms with Crippen molar-refractivity contribution in [2.75, 3.05) is 5.32 Å². The van der Waals surface area contributed by atoms with Gasteiger partial charge in [-0.15, -0.1) is 0 Å². The standard InChI is InChI=1S/C23H25N3O/c1-16(17-10-6-4-7-11-17)21(27)19-15-24-26-22(19)25-20(14-23(26,2)3)18-12-8-5-9-13-18/h4-13,15-16,20,25H,14H2,1-3H3. The van der Waals surface area contributed by atoms with Crippen LogP contribution in [-0.2, 0) is 5.54 Å². The smallest absolute Gasteiger partial charge is 0.175 e. The fourth-order valence-corrected chi connectivity index (χ4v) is 3.94. The summed E-state index contributed by atoms with van der Waals surface area (Å²) in [7, 11) is 0. The Morgan fingerprint density at radius 3 is 2.41 bits per heavy atom. The van der Waals surface area contributed by atoms with Gasteiger partial charge in [-0.05, 0) is 31.4 Å². The first-order valence-corrected chi connectivity index (χ1v) is 9.46. The molecule has 0 amide bonds. The third-order valence-corrected chi connectivity index (χ3v) is 5.52. The maximum absolute atomic E-state index is 13.2. The number of rotatable bonds is 4. The number of hydrogen-bond donors (Lipinski definition) is 1. The highest BCUT2D eigenvalue weighted by Crippen LogP contribution is 2.40. The Kier molecular flexibility index (Phi) is 4.34. The number of fused-ring (bicyclic) bond motifs is 1. The highest BCUT2D eigenvalue weighted by Gasteiger charge is 2.37. The second kappa shape index (κ2) is 6.69. The normalized spacial score (nSPS) is 19.0. The van der Waals surface area contributed by atoms with Gasteiger partial charge in [-0.2, -0.15) is 5.10 Å². The van der Waals surface area contributed by atoms with Crippen LogP contribution in [0.4, 0.5) is 5.82 Å². The van der Waals surface area contributed by atoms with E-state index in [4.69, 9.17) is 0 Å².